The minimum Gasteiger partial charge on any atom is -0.495 e. The molecule has 1 amide bonds. The van der Waals surface area contributed by atoms with Crippen molar-refractivity contribution < 1.29 is 17.9 Å². The monoisotopic (exact) mass is 416 g/mol. The Labute approximate surface area is 172 Å². The van der Waals surface area contributed by atoms with Crippen molar-refractivity contribution >= 4 is 21.6 Å². The van der Waals surface area contributed by atoms with E-state index in [9.17, 15) is 13.2 Å². The number of carbonyl (C=O) groups is 1. The van der Waals surface area contributed by atoms with E-state index in [1.807, 2.05) is 31.2 Å². The number of fused-ring (bicyclic) bond motifs is 1. The van der Waals surface area contributed by atoms with Crippen LogP contribution in [0, 0.1) is 6.92 Å². The molecule has 156 valence electrons. The molecule has 7 heteroatoms. The van der Waals surface area contributed by atoms with Crippen molar-refractivity contribution in [3.8, 4) is 5.75 Å². The Morgan fingerprint density at radius 3 is 2.66 bits per heavy atom. The number of aryl methyl sites for hydroxylation is 2. The standard InChI is InChI=1S/C22H28N2O4S/c1-15-12-13-21(28-3)20(14-15)24(29(4,26)27)16(2)22(25)23-19-11-7-9-17-8-5-6-10-18(17)19/h5-6,8,10,12-14,16,19H,7,9,11H2,1-4H3,(H,23,25). The molecule has 0 spiro atoms. The summed E-state index contributed by atoms with van der Waals surface area (Å²) < 4.78 is 31.8. The highest BCUT2D eigenvalue weighted by atomic mass is 32.2. The lowest BCUT2D eigenvalue weighted by atomic mass is 9.87. The van der Waals surface area contributed by atoms with Crippen molar-refractivity contribution in [2.24, 2.45) is 0 Å². The summed E-state index contributed by atoms with van der Waals surface area (Å²) in [5.74, 6) is 0.0735. The Balaban J connectivity index is 1.91. The van der Waals surface area contributed by atoms with E-state index in [2.05, 4.69) is 11.4 Å². The lowest BCUT2D eigenvalue weighted by molar-refractivity contribution is -0.122. The van der Waals surface area contributed by atoms with Gasteiger partial charge < -0.3 is 10.1 Å². The van der Waals surface area contributed by atoms with E-state index in [0.717, 1.165) is 41.0 Å². The van der Waals surface area contributed by atoms with E-state index < -0.39 is 16.1 Å². The third-order valence-corrected chi connectivity index (χ3v) is 6.57. The van der Waals surface area contributed by atoms with Crippen LogP contribution in [0.1, 0.15) is 42.5 Å². The fourth-order valence-electron chi connectivity index (χ4n) is 3.95. The molecule has 0 heterocycles. The molecule has 2 aromatic carbocycles. The maximum absolute atomic E-state index is 13.1. The topological polar surface area (TPSA) is 75.7 Å². The zero-order valence-electron chi connectivity index (χ0n) is 17.3. The summed E-state index contributed by atoms with van der Waals surface area (Å²) in [6.45, 7) is 3.47. The number of rotatable bonds is 6. The molecule has 2 aromatic rings. The molecule has 2 atom stereocenters. The van der Waals surface area contributed by atoms with Crippen LogP contribution in [0.4, 0.5) is 5.69 Å². The molecule has 0 fully saturated rings. The number of amides is 1. The van der Waals surface area contributed by atoms with Gasteiger partial charge in [0.2, 0.25) is 15.9 Å². The van der Waals surface area contributed by atoms with Crippen molar-refractivity contribution in [2.75, 3.05) is 17.7 Å². The van der Waals surface area contributed by atoms with Crippen molar-refractivity contribution in [3.05, 3.63) is 59.2 Å². The van der Waals surface area contributed by atoms with Gasteiger partial charge in [-0.25, -0.2) is 8.42 Å². The van der Waals surface area contributed by atoms with Gasteiger partial charge in [-0.2, -0.15) is 0 Å². The van der Waals surface area contributed by atoms with Crippen LogP contribution >= 0.6 is 0 Å². The molecular weight excluding hydrogens is 388 g/mol. The summed E-state index contributed by atoms with van der Waals surface area (Å²) >= 11 is 0. The maximum atomic E-state index is 13.1. The highest BCUT2D eigenvalue weighted by Crippen LogP contribution is 2.34. The number of methoxy groups -OCH3 is 1. The van der Waals surface area contributed by atoms with Gasteiger partial charge in [0.15, 0.2) is 0 Å². The van der Waals surface area contributed by atoms with E-state index in [1.165, 1.54) is 12.7 Å². The molecule has 1 aliphatic rings. The van der Waals surface area contributed by atoms with Gasteiger partial charge in [-0.3, -0.25) is 9.10 Å². The minimum absolute atomic E-state index is 0.115. The second-order valence-corrected chi connectivity index (χ2v) is 9.42. The molecule has 0 saturated heterocycles. The zero-order valence-corrected chi connectivity index (χ0v) is 18.1. The van der Waals surface area contributed by atoms with Gasteiger partial charge in [-0.1, -0.05) is 30.3 Å². The Morgan fingerprint density at radius 1 is 1.24 bits per heavy atom. The van der Waals surface area contributed by atoms with E-state index >= 15 is 0 Å². The number of nitrogens with one attached hydrogen (secondary N) is 1. The van der Waals surface area contributed by atoms with Crippen molar-refractivity contribution in [1.82, 2.24) is 5.32 Å². The summed E-state index contributed by atoms with van der Waals surface area (Å²) in [7, 11) is -2.24. The average molecular weight is 417 g/mol. The largest absolute Gasteiger partial charge is 0.495 e. The van der Waals surface area contributed by atoms with Crippen LogP contribution < -0.4 is 14.4 Å². The van der Waals surface area contributed by atoms with E-state index in [1.54, 1.807) is 19.1 Å². The first kappa shape index (κ1) is 21.2. The van der Waals surface area contributed by atoms with E-state index in [4.69, 9.17) is 4.74 Å². The summed E-state index contributed by atoms with van der Waals surface area (Å²) in [4.78, 5) is 13.1. The number of anilines is 1. The van der Waals surface area contributed by atoms with Crippen molar-refractivity contribution in [2.45, 2.75) is 45.2 Å². The predicted molar refractivity (Wildman–Crippen MR) is 115 cm³/mol. The molecule has 3 rings (SSSR count). The Bertz CT molecular complexity index is 1000. The number of carbonyl (C=O) groups excluding carboxylic acids is 1. The predicted octanol–water partition coefficient (Wildman–Crippen LogP) is 3.35. The summed E-state index contributed by atoms with van der Waals surface area (Å²) in [6, 6.07) is 12.3. The first-order valence-electron chi connectivity index (χ1n) is 9.74. The molecule has 0 aliphatic heterocycles. The first-order chi connectivity index (χ1) is 13.7. The molecule has 0 aromatic heterocycles. The molecule has 1 aliphatic carbocycles. The third kappa shape index (κ3) is 4.56. The fraction of sp³-hybridized carbons (Fsp3) is 0.409. The van der Waals surface area contributed by atoms with Crippen molar-refractivity contribution in [1.29, 1.82) is 0 Å². The number of benzene rings is 2. The Hall–Kier alpha value is -2.54. The van der Waals surface area contributed by atoms with Crippen LogP contribution in [0.25, 0.3) is 0 Å². The van der Waals surface area contributed by atoms with E-state index in [-0.39, 0.29) is 11.9 Å². The molecule has 1 N–H and O–H groups in total. The average Bonchev–Trinajstić information content (AvgIpc) is 2.67. The first-order valence-corrected chi connectivity index (χ1v) is 11.6. The van der Waals surface area contributed by atoms with Gasteiger partial charge in [-0.15, -0.1) is 0 Å². The zero-order chi connectivity index (χ0) is 21.2. The highest BCUT2D eigenvalue weighted by molar-refractivity contribution is 7.92. The van der Waals surface area contributed by atoms with Crippen LogP contribution in [0.2, 0.25) is 0 Å². The minimum atomic E-state index is -3.72. The number of hydrogen-bond acceptors (Lipinski definition) is 4. The quantitative estimate of drug-likeness (QED) is 0.784. The second-order valence-electron chi connectivity index (χ2n) is 7.56. The SMILES string of the molecule is COc1ccc(C)cc1N(C(C)C(=O)NC1CCCc2ccccc21)S(C)(=O)=O. The fourth-order valence-corrected chi connectivity index (χ4v) is 5.12. The Morgan fingerprint density at radius 2 is 1.97 bits per heavy atom. The van der Waals surface area contributed by atoms with Gasteiger partial charge in [-0.05, 0) is 61.9 Å². The van der Waals surface area contributed by atoms with Crippen molar-refractivity contribution in [3.63, 3.8) is 0 Å². The number of sulfonamides is 1. The molecule has 6 nitrogen and oxygen atoms in total. The number of hydrogen-bond donors (Lipinski definition) is 1. The summed E-state index contributed by atoms with van der Waals surface area (Å²) in [5, 5.41) is 3.06. The Kier molecular flexibility index (Phi) is 6.17. The molecule has 0 bridgehead atoms. The van der Waals surface area contributed by atoms with Gasteiger partial charge in [0.25, 0.3) is 0 Å². The molecule has 2 unspecified atom stereocenters. The normalized spacial score (nSPS) is 17.2. The van der Waals surface area contributed by atoms with Crippen LogP contribution in [-0.4, -0.2) is 33.7 Å². The third-order valence-electron chi connectivity index (χ3n) is 5.35. The van der Waals surface area contributed by atoms with Crippen LogP contribution in [0.3, 0.4) is 0 Å². The number of nitrogens with zero attached hydrogens (tertiary/aromatic N) is 1. The van der Waals surface area contributed by atoms with E-state index in [0.29, 0.717) is 11.4 Å². The van der Waals surface area contributed by atoms with Crippen LogP contribution in [-0.2, 0) is 21.2 Å². The lowest BCUT2D eigenvalue weighted by Crippen LogP contribution is -2.49. The smallest absolute Gasteiger partial charge is 0.244 e. The molecule has 0 radical (unpaired) electrons. The van der Waals surface area contributed by atoms with Gasteiger partial charge in [0.1, 0.15) is 11.8 Å². The lowest BCUT2D eigenvalue weighted by Gasteiger charge is -2.32. The maximum Gasteiger partial charge on any atom is 0.244 e. The van der Waals surface area contributed by atoms with Gasteiger partial charge in [0, 0.05) is 0 Å². The highest BCUT2D eigenvalue weighted by Gasteiger charge is 2.33. The second kappa shape index (κ2) is 8.45. The van der Waals surface area contributed by atoms with Gasteiger partial charge in [0.05, 0.1) is 25.1 Å². The molecule has 29 heavy (non-hydrogen) atoms. The number of ether oxygens (including phenoxy) is 1. The molecular formula is C22H28N2O4S. The van der Waals surface area contributed by atoms with Crippen LogP contribution in [0.5, 0.6) is 5.75 Å². The van der Waals surface area contributed by atoms with Gasteiger partial charge >= 0.3 is 0 Å². The van der Waals surface area contributed by atoms with Crippen LogP contribution in [0.15, 0.2) is 42.5 Å². The molecule has 0 saturated carbocycles. The summed E-state index contributed by atoms with van der Waals surface area (Å²) in [6.07, 6.45) is 3.92. The summed E-state index contributed by atoms with van der Waals surface area (Å²) in [5.41, 5.74) is 3.58.